The maximum absolute atomic E-state index is 13.1. The SMILES string of the molecule is COCCn1c(SCc2cc(C)on2)nc2sc3c(c2c1=O)CCC3. The van der Waals surface area contributed by atoms with E-state index >= 15 is 0 Å². The maximum atomic E-state index is 13.1. The molecule has 1 aliphatic rings. The third kappa shape index (κ3) is 3.14. The summed E-state index contributed by atoms with van der Waals surface area (Å²) in [6.07, 6.45) is 3.19. The fourth-order valence-electron chi connectivity index (χ4n) is 3.17. The summed E-state index contributed by atoms with van der Waals surface area (Å²) in [7, 11) is 1.64. The Balaban J connectivity index is 1.74. The van der Waals surface area contributed by atoms with E-state index in [1.54, 1.807) is 23.0 Å². The highest BCUT2D eigenvalue weighted by molar-refractivity contribution is 7.98. The Morgan fingerprint density at radius 2 is 2.32 bits per heavy atom. The fraction of sp³-hybridized carbons (Fsp3) is 0.471. The zero-order chi connectivity index (χ0) is 17.4. The van der Waals surface area contributed by atoms with E-state index in [4.69, 9.17) is 14.2 Å². The Labute approximate surface area is 153 Å². The number of thioether (sulfide) groups is 1. The van der Waals surface area contributed by atoms with Crippen LogP contribution in [0.3, 0.4) is 0 Å². The van der Waals surface area contributed by atoms with Crippen molar-refractivity contribution in [2.24, 2.45) is 0 Å². The highest BCUT2D eigenvalue weighted by Crippen LogP contribution is 2.35. The Bertz CT molecular complexity index is 974. The molecule has 0 atom stereocenters. The van der Waals surface area contributed by atoms with Gasteiger partial charge in [0.25, 0.3) is 5.56 Å². The lowest BCUT2D eigenvalue weighted by Crippen LogP contribution is -2.25. The highest BCUT2D eigenvalue weighted by Gasteiger charge is 2.23. The van der Waals surface area contributed by atoms with Gasteiger partial charge in [-0.2, -0.15) is 0 Å². The third-order valence-electron chi connectivity index (χ3n) is 4.33. The standard InChI is InChI=1S/C17H19N3O3S2/c1-10-8-11(19-23-10)9-24-17-18-15-14(12-4-3-5-13(12)25-15)16(21)20(17)6-7-22-2/h8H,3-7,9H2,1-2H3. The summed E-state index contributed by atoms with van der Waals surface area (Å²) in [5.41, 5.74) is 2.12. The van der Waals surface area contributed by atoms with Gasteiger partial charge >= 0.3 is 0 Å². The van der Waals surface area contributed by atoms with E-state index in [1.807, 2.05) is 13.0 Å². The minimum atomic E-state index is 0.0558. The second-order valence-corrected chi connectivity index (χ2v) is 8.13. The van der Waals surface area contributed by atoms with Crippen molar-refractivity contribution in [1.29, 1.82) is 0 Å². The van der Waals surface area contributed by atoms with Crippen molar-refractivity contribution >= 4 is 33.3 Å². The van der Waals surface area contributed by atoms with Crippen LogP contribution in [0, 0.1) is 6.92 Å². The second-order valence-electron chi connectivity index (χ2n) is 6.10. The van der Waals surface area contributed by atoms with E-state index in [1.165, 1.54) is 22.2 Å². The highest BCUT2D eigenvalue weighted by atomic mass is 32.2. The molecule has 3 heterocycles. The predicted molar refractivity (Wildman–Crippen MR) is 98.6 cm³/mol. The Morgan fingerprint density at radius 1 is 1.44 bits per heavy atom. The van der Waals surface area contributed by atoms with E-state index in [9.17, 15) is 4.79 Å². The van der Waals surface area contributed by atoms with Crippen LogP contribution in [0.4, 0.5) is 0 Å². The zero-order valence-electron chi connectivity index (χ0n) is 14.2. The fourth-order valence-corrected chi connectivity index (χ4v) is 5.38. The molecule has 3 aromatic rings. The van der Waals surface area contributed by atoms with Crippen LogP contribution in [0.15, 0.2) is 20.5 Å². The normalized spacial score (nSPS) is 13.7. The monoisotopic (exact) mass is 377 g/mol. The first-order chi connectivity index (χ1) is 12.2. The maximum Gasteiger partial charge on any atom is 0.263 e. The molecule has 0 N–H and O–H groups in total. The molecule has 0 aromatic carbocycles. The number of fused-ring (bicyclic) bond motifs is 3. The molecule has 0 fully saturated rings. The van der Waals surface area contributed by atoms with Crippen LogP contribution in [0.5, 0.6) is 0 Å². The first kappa shape index (κ1) is 16.8. The Kier molecular flexibility index (Phi) is 4.66. The number of rotatable bonds is 6. The molecule has 0 saturated carbocycles. The number of aromatic nitrogens is 3. The molecule has 1 aliphatic carbocycles. The lowest BCUT2D eigenvalue weighted by molar-refractivity contribution is 0.183. The molecule has 0 radical (unpaired) electrons. The molecule has 132 valence electrons. The Hall–Kier alpha value is -1.64. The van der Waals surface area contributed by atoms with Gasteiger partial charge in [0, 0.05) is 23.8 Å². The van der Waals surface area contributed by atoms with Gasteiger partial charge in [-0.1, -0.05) is 16.9 Å². The summed E-state index contributed by atoms with van der Waals surface area (Å²) in [5.74, 6) is 1.40. The number of hydrogen-bond acceptors (Lipinski definition) is 7. The van der Waals surface area contributed by atoms with Crippen molar-refractivity contribution in [2.75, 3.05) is 13.7 Å². The summed E-state index contributed by atoms with van der Waals surface area (Å²) >= 11 is 3.18. The summed E-state index contributed by atoms with van der Waals surface area (Å²) in [6, 6.07) is 1.91. The molecule has 6 nitrogen and oxygen atoms in total. The van der Waals surface area contributed by atoms with Gasteiger partial charge in [0.05, 0.1) is 24.2 Å². The molecule has 3 aromatic heterocycles. The van der Waals surface area contributed by atoms with Crippen molar-refractivity contribution in [3.63, 3.8) is 0 Å². The van der Waals surface area contributed by atoms with Crippen LogP contribution in [0.2, 0.25) is 0 Å². The summed E-state index contributed by atoms with van der Waals surface area (Å²) in [4.78, 5) is 20.1. The van der Waals surface area contributed by atoms with Gasteiger partial charge in [0.15, 0.2) is 5.16 Å². The minimum absolute atomic E-state index is 0.0558. The number of methoxy groups -OCH3 is 1. The van der Waals surface area contributed by atoms with Gasteiger partial charge in [0.2, 0.25) is 0 Å². The quantitative estimate of drug-likeness (QED) is 0.485. The van der Waals surface area contributed by atoms with Crippen LogP contribution in [0.25, 0.3) is 10.2 Å². The van der Waals surface area contributed by atoms with Crippen LogP contribution >= 0.6 is 23.1 Å². The lowest BCUT2D eigenvalue weighted by atomic mass is 10.2. The van der Waals surface area contributed by atoms with Crippen molar-refractivity contribution in [1.82, 2.24) is 14.7 Å². The molecular formula is C17H19N3O3S2. The molecule has 0 unspecified atom stereocenters. The van der Waals surface area contributed by atoms with Gasteiger partial charge in [-0.25, -0.2) is 4.98 Å². The van der Waals surface area contributed by atoms with E-state index in [-0.39, 0.29) is 5.56 Å². The zero-order valence-corrected chi connectivity index (χ0v) is 15.8. The van der Waals surface area contributed by atoms with Crippen LogP contribution in [-0.4, -0.2) is 28.4 Å². The molecular weight excluding hydrogens is 358 g/mol. The third-order valence-corrected chi connectivity index (χ3v) is 6.53. The average molecular weight is 377 g/mol. The van der Waals surface area contributed by atoms with Gasteiger partial charge in [-0.05, 0) is 31.7 Å². The van der Waals surface area contributed by atoms with E-state index in [0.717, 1.165) is 46.1 Å². The lowest BCUT2D eigenvalue weighted by Gasteiger charge is -2.11. The second kappa shape index (κ2) is 6.93. The van der Waals surface area contributed by atoms with Crippen LogP contribution in [-0.2, 0) is 29.9 Å². The first-order valence-corrected chi connectivity index (χ1v) is 10.1. The van der Waals surface area contributed by atoms with Crippen molar-refractivity contribution in [3.8, 4) is 0 Å². The number of thiophene rings is 1. The summed E-state index contributed by atoms with van der Waals surface area (Å²) < 4.78 is 12.0. The number of nitrogens with zero attached hydrogens (tertiary/aromatic N) is 3. The van der Waals surface area contributed by atoms with Gasteiger partial charge in [0.1, 0.15) is 10.6 Å². The van der Waals surface area contributed by atoms with E-state index in [2.05, 4.69) is 5.16 Å². The van der Waals surface area contributed by atoms with E-state index < -0.39 is 0 Å². The molecule has 4 rings (SSSR count). The molecule has 25 heavy (non-hydrogen) atoms. The molecule has 0 spiro atoms. The minimum Gasteiger partial charge on any atom is -0.383 e. The van der Waals surface area contributed by atoms with E-state index in [0.29, 0.717) is 18.9 Å². The van der Waals surface area contributed by atoms with Crippen molar-refractivity contribution < 1.29 is 9.26 Å². The first-order valence-electron chi connectivity index (χ1n) is 8.26. The number of aryl methyl sites for hydroxylation is 3. The Morgan fingerprint density at radius 3 is 3.08 bits per heavy atom. The van der Waals surface area contributed by atoms with Crippen LogP contribution < -0.4 is 5.56 Å². The largest absolute Gasteiger partial charge is 0.383 e. The van der Waals surface area contributed by atoms with Gasteiger partial charge in [-0.15, -0.1) is 11.3 Å². The van der Waals surface area contributed by atoms with Crippen molar-refractivity contribution in [3.05, 3.63) is 38.3 Å². The molecule has 0 aliphatic heterocycles. The molecule has 8 heteroatoms. The smallest absolute Gasteiger partial charge is 0.263 e. The molecule has 0 bridgehead atoms. The van der Waals surface area contributed by atoms with Gasteiger partial charge in [-0.3, -0.25) is 9.36 Å². The molecule has 0 saturated heterocycles. The van der Waals surface area contributed by atoms with Crippen molar-refractivity contribution in [2.45, 2.75) is 43.6 Å². The summed E-state index contributed by atoms with van der Waals surface area (Å²) in [6.45, 7) is 2.85. The topological polar surface area (TPSA) is 70.2 Å². The summed E-state index contributed by atoms with van der Waals surface area (Å²) in [5, 5.41) is 5.55. The van der Waals surface area contributed by atoms with Gasteiger partial charge < -0.3 is 9.26 Å². The predicted octanol–water partition coefficient (Wildman–Crippen LogP) is 3.18. The van der Waals surface area contributed by atoms with Crippen LogP contribution in [0.1, 0.15) is 28.3 Å². The number of hydrogen-bond donors (Lipinski definition) is 0. The molecule has 0 amide bonds. The average Bonchev–Trinajstić information content (AvgIpc) is 3.27. The number of ether oxygens (including phenoxy) is 1.